The van der Waals surface area contributed by atoms with Crippen LogP contribution in [0, 0.1) is 0 Å². The van der Waals surface area contributed by atoms with E-state index in [1.165, 1.54) is 0 Å². The van der Waals surface area contributed by atoms with Gasteiger partial charge >= 0.3 is 0 Å². The lowest BCUT2D eigenvalue weighted by Gasteiger charge is -2.25. The van der Waals surface area contributed by atoms with E-state index in [0.717, 1.165) is 25.8 Å². The second kappa shape index (κ2) is 5.80. The zero-order chi connectivity index (χ0) is 13.0. The van der Waals surface area contributed by atoms with Gasteiger partial charge in [-0.2, -0.15) is 0 Å². The maximum atomic E-state index is 12.2. The molecule has 1 saturated heterocycles. The van der Waals surface area contributed by atoms with Gasteiger partial charge in [-0.3, -0.25) is 4.79 Å². The number of carbonyl (C=O) groups excluding carboxylic acids is 1. The summed E-state index contributed by atoms with van der Waals surface area (Å²) < 4.78 is 0. The molecular weight excluding hydrogens is 228 g/mol. The van der Waals surface area contributed by atoms with Crippen LogP contribution in [-0.4, -0.2) is 34.5 Å². The van der Waals surface area contributed by atoms with Crippen LogP contribution in [0.2, 0.25) is 0 Å². The Morgan fingerprint density at radius 2 is 2.28 bits per heavy atom. The van der Waals surface area contributed by atoms with Crippen molar-refractivity contribution in [2.24, 2.45) is 0 Å². The summed E-state index contributed by atoms with van der Waals surface area (Å²) in [5.74, 6) is 0.744. The third-order valence-electron chi connectivity index (χ3n) is 3.37. The largest absolute Gasteiger partial charge is 0.352 e. The number of carbonyl (C=O) groups is 1. The maximum Gasteiger partial charge on any atom is 0.243 e. The van der Waals surface area contributed by atoms with E-state index in [0.29, 0.717) is 5.95 Å². The van der Waals surface area contributed by atoms with Gasteiger partial charge in [0.15, 0.2) is 0 Å². The van der Waals surface area contributed by atoms with Crippen LogP contribution in [-0.2, 0) is 4.79 Å². The van der Waals surface area contributed by atoms with Gasteiger partial charge in [0.1, 0.15) is 6.04 Å². The molecule has 0 aliphatic carbocycles. The van der Waals surface area contributed by atoms with Crippen LogP contribution in [0.25, 0.3) is 0 Å². The van der Waals surface area contributed by atoms with Crippen molar-refractivity contribution in [2.75, 3.05) is 11.4 Å². The fourth-order valence-electron chi connectivity index (χ4n) is 2.16. The molecule has 1 aromatic rings. The van der Waals surface area contributed by atoms with Gasteiger partial charge in [-0.05, 0) is 32.3 Å². The fourth-order valence-corrected chi connectivity index (χ4v) is 2.16. The molecule has 1 fully saturated rings. The Morgan fingerprint density at radius 1 is 1.56 bits per heavy atom. The molecular formula is C13H20N4O. The zero-order valence-corrected chi connectivity index (χ0v) is 11.0. The van der Waals surface area contributed by atoms with E-state index in [4.69, 9.17) is 0 Å². The van der Waals surface area contributed by atoms with Gasteiger partial charge in [0.2, 0.25) is 11.9 Å². The Bertz CT molecular complexity index is 395. The van der Waals surface area contributed by atoms with Crippen molar-refractivity contribution in [1.82, 2.24) is 15.3 Å². The number of rotatable bonds is 4. The molecule has 0 spiro atoms. The molecule has 2 unspecified atom stereocenters. The van der Waals surface area contributed by atoms with E-state index >= 15 is 0 Å². The van der Waals surface area contributed by atoms with Crippen LogP contribution in [0.1, 0.15) is 33.1 Å². The molecule has 0 radical (unpaired) electrons. The van der Waals surface area contributed by atoms with Gasteiger partial charge in [-0.25, -0.2) is 9.97 Å². The van der Waals surface area contributed by atoms with Gasteiger partial charge in [0, 0.05) is 25.0 Å². The lowest BCUT2D eigenvalue weighted by molar-refractivity contribution is -0.122. The minimum absolute atomic E-state index is 0.0919. The SMILES string of the molecule is CCC(C)NC(=O)C1CCCN1c1ncccn1. The molecule has 2 rings (SSSR count). The zero-order valence-electron chi connectivity index (χ0n) is 11.0. The highest BCUT2D eigenvalue weighted by Gasteiger charge is 2.32. The van der Waals surface area contributed by atoms with Gasteiger partial charge in [-0.15, -0.1) is 0 Å². The molecule has 2 heterocycles. The summed E-state index contributed by atoms with van der Waals surface area (Å²) in [6.07, 6.45) is 6.26. The lowest BCUT2D eigenvalue weighted by Crippen LogP contribution is -2.46. The first-order valence-corrected chi connectivity index (χ1v) is 6.56. The predicted octanol–water partition coefficient (Wildman–Crippen LogP) is 1.36. The van der Waals surface area contributed by atoms with E-state index in [-0.39, 0.29) is 18.0 Å². The summed E-state index contributed by atoms with van der Waals surface area (Å²) in [4.78, 5) is 22.6. The molecule has 1 amide bonds. The molecule has 1 aliphatic heterocycles. The van der Waals surface area contributed by atoms with Gasteiger partial charge in [0.05, 0.1) is 0 Å². The maximum absolute atomic E-state index is 12.2. The molecule has 2 atom stereocenters. The highest BCUT2D eigenvalue weighted by Crippen LogP contribution is 2.21. The summed E-state index contributed by atoms with van der Waals surface area (Å²) in [6, 6.07) is 1.88. The summed E-state index contributed by atoms with van der Waals surface area (Å²) >= 11 is 0. The first kappa shape index (κ1) is 12.8. The van der Waals surface area contributed by atoms with E-state index in [9.17, 15) is 4.79 Å². The summed E-state index contributed by atoms with van der Waals surface area (Å²) in [7, 11) is 0. The third-order valence-corrected chi connectivity index (χ3v) is 3.37. The quantitative estimate of drug-likeness (QED) is 0.874. The predicted molar refractivity (Wildman–Crippen MR) is 70.3 cm³/mol. The van der Waals surface area contributed by atoms with Crippen LogP contribution in [0.3, 0.4) is 0 Å². The number of hydrogen-bond acceptors (Lipinski definition) is 4. The minimum atomic E-state index is -0.124. The van der Waals surface area contributed by atoms with E-state index < -0.39 is 0 Å². The topological polar surface area (TPSA) is 58.1 Å². The van der Waals surface area contributed by atoms with Crippen molar-refractivity contribution in [3.63, 3.8) is 0 Å². The van der Waals surface area contributed by atoms with Crippen molar-refractivity contribution < 1.29 is 4.79 Å². The average molecular weight is 248 g/mol. The standard InChI is InChI=1S/C13H20N4O/c1-3-10(2)16-12(18)11-6-4-9-17(11)13-14-7-5-8-15-13/h5,7-8,10-11H,3-4,6,9H2,1-2H3,(H,16,18). The number of amides is 1. The first-order valence-electron chi connectivity index (χ1n) is 6.56. The van der Waals surface area contributed by atoms with Crippen molar-refractivity contribution in [3.05, 3.63) is 18.5 Å². The second-order valence-corrected chi connectivity index (χ2v) is 4.72. The van der Waals surface area contributed by atoms with Crippen LogP contribution < -0.4 is 10.2 Å². The number of aromatic nitrogens is 2. The fraction of sp³-hybridized carbons (Fsp3) is 0.615. The lowest BCUT2D eigenvalue weighted by atomic mass is 10.2. The monoisotopic (exact) mass is 248 g/mol. The van der Waals surface area contributed by atoms with Crippen LogP contribution in [0.4, 0.5) is 5.95 Å². The number of anilines is 1. The van der Waals surface area contributed by atoms with Crippen LogP contribution >= 0.6 is 0 Å². The average Bonchev–Trinajstić information content (AvgIpc) is 2.88. The molecule has 1 aliphatic rings. The van der Waals surface area contributed by atoms with Crippen LogP contribution in [0.15, 0.2) is 18.5 Å². The van der Waals surface area contributed by atoms with E-state index in [1.54, 1.807) is 18.5 Å². The Labute approximate surface area is 108 Å². The molecule has 5 nitrogen and oxygen atoms in total. The van der Waals surface area contributed by atoms with Crippen molar-refractivity contribution in [1.29, 1.82) is 0 Å². The molecule has 1 N–H and O–H groups in total. The highest BCUT2D eigenvalue weighted by molar-refractivity contribution is 5.85. The Hall–Kier alpha value is -1.65. The Kier molecular flexibility index (Phi) is 4.12. The van der Waals surface area contributed by atoms with Crippen molar-refractivity contribution in [3.8, 4) is 0 Å². The minimum Gasteiger partial charge on any atom is -0.352 e. The molecule has 1 aromatic heterocycles. The molecule has 0 aromatic carbocycles. The Morgan fingerprint density at radius 3 is 2.94 bits per heavy atom. The number of nitrogens with one attached hydrogen (secondary N) is 1. The summed E-state index contributed by atoms with van der Waals surface area (Å²) in [5.41, 5.74) is 0. The second-order valence-electron chi connectivity index (χ2n) is 4.72. The Balaban J connectivity index is 2.06. The van der Waals surface area contributed by atoms with Gasteiger partial charge in [0.25, 0.3) is 0 Å². The first-order chi connectivity index (χ1) is 8.72. The molecule has 5 heteroatoms. The molecule has 98 valence electrons. The third kappa shape index (κ3) is 2.78. The normalized spacial score (nSPS) is 20.8. The van der Waals surface area contributed by atoms with Crippen molar-refractivity contribution in [2.45, 2.75) is 45.2 Å². The molecule has 0 bridgehead atoms. The van der Waals surface area contributed by atoms with E-state index in [2.05, 4.69) is 22.2 Å². The van der Waals surface area contributed by atoms with Crippen molar-refractivity contribution >= 4 is 11.9 Å². The summed E-state index contributed by atoms with van der Waals surface area (Å²) in [5, 5.41) is 3.04. The number of hydrogen-bond donors (Lipinski definition) is 1. The summed E-state index contributed by atoms with van der Waals surface area (Å²) in [6.45, 7) is 4.94. The van der Waals surface area contributed by atoms with Crippen LogP contribution in [0.5, 0.6) is 0 Å². The number of nitrogens with zero attached hydrogens (tertiary/aromatic N) is 3. The van der Waals surface area contributed by atoms with Gasteiger partial charge in [-0.1, -0.05) is 6.92 Å². The molecule has 0 saturated carbocycles. The molecule has 18 heavy (non-hydrogen) atoms. The van der Waals surface area contributed by atoms with E-state index in [1.807, 2.05) is 11.8 Å². The van der Waals surface area contributed by atoms with Gasteiger partial charge < -0.3 is 10.2 Å². The highest BCUT2D eigenvalue weighted by atomic mass is 16.2. The smallest absolute Gasteiger partial charge is 0.243 e.